The number of alkyl halides is 3. The number of carbonyl (C=O) groups excluding carboxylic acids is 1. The molecule has 0 spiro atoms. The first kappa shape index (κ1) is 21.1. The maximum Gasteiger partial charge on any atom is 0.416 e. The fraction of sp³-hybridized carbons (Fsp3) is 0.190. The first-order chi connectivity index (χ1) is 14.2. The van der Waals surface area contributed by atoms with Gasteiger partial charge in [-0.2, -0.15) is 13.2 Å². The van der Waals surface area contributed by atoms with Gasteiger partial charge in [-0.1, -0.05) is 19.1 Å². The van der Waals surface area contributed by atoms with E-state index in [1.807, 2.05) is 6.92 Å². The van der Waals surface area contributed by atoms with Crippen LogP contribution < -0.4 is 15.6 Å². The van der Waals surface area contributed by atoms with Gasteiger partial charge in [0.1, 0.15) is 11.6 Å². The lowest BCUT2D eigenvalue weighted by Crippen LogP contribution is -2.20. The minimum atomic E-state index is -4.43. The van der Waals surface area contributed by atoms with Gasteiger partial charge in [0, 0.05) is 23.0 Å². The number of nitrogens with zero attached hydrogens (tertiary/aromatic N) is 1. The summed E-state index contributed by atoms with van der Waals surface area (Å²) in [6.07, 6.45) is -3.83. The summed E-state index contributed by atoms with van der Waals surface area (Å²) >= 11 is 0. The molecule has 0 saturated carbocycles. The number of anilines is 1. The molecule has 1 heterocycles. The first-order valence-corrected chi connectivity index (χ1v) is 9.05. The normalized spacial score (nSPS) is 11.2. The van der Waals surface area contributed by atoms with E-state index >= 15 is 0 Å². The van der Waals surface area contributed by atoms with Crippen LogP contribution >= 0.6 is 0 Å². The van der Waals surface area contributed by atoms with Gasteiger partial charge in [-0.15, -0.1) is 0 Å². The van der Waals surface area contributed by atoms with Crippen molar-refractivity contribution in [3.05, 3.63) is 76.2 Å². The van der Waals surface area contributed by atoms with Crippen LogP contribution in [-0.4, -0.2) is 22.5 Å². The molecule has 9 heteroatoms. The number of aromatic amines is 1. The van der Waals surface area contributed by atoms with Crippen molar-refractivity contribution >= 4 is 11.6 Å². The summed E-state index contributed by atoms with van der Waals surface area (Å²) in [7, 11) is 0. The lowest BCUT2D eigenvalue weighted by Gasteiger charge is -2.10. The Morgan fingerprint density at radius 1 is 1.13 bits per heavy atom. The Morgan fingerprint density at radius 2 is 1.87 bits per heavy atom. The molecular weight excluding hydrogens is 399 g/mol. The van der Waals surface area contributed by atoms with E-state index in [2.05, 4.69) is 15.3 Å². The van der Waals surface area contributed by atoms with Crippen LogP contribution in [0, 0.1) is 0 Å². The predicted octanol–water partition coefficient (Wildman–Crippen LogP) is 4.04. The zero-order valence-corrected chi connectivity index (χ0v) is 15.9. The smallest absolute Gasteiger partial charge is 0.416 e. The highest BCUT2D eigenvalue weighted by atomic mass is 19.4. The molecule has 0 aliphatic heterocycles. The summed E-state index contributed by atoms with van der Waals surface area (Å²) in [6, 6.07) is 12.2. The molecule has 0 fully saturated rings. The third-order valence-electron chi connectivity index (χ3n) is 4.13. The van der Waals surface area contributed by atoms with Gasteiger partial charge >= 0.3 is 6.18 Å². The number of nitrogens with one attached hydrogen (secondary N) is 2. The van der Waals surface area contributed by atoms with E-state index in [1.165, 1.54) is 6.07 Å². The van der Waals surface area contributed by atoms with Crippen LogP contribution in [0.4, 0.5) is 18.9 Å². The van der Waals surface area contributed by atoms with Gasteiger partial charge in [0.25, 0.3) is 11.5 Å². The number of benzene rings is 2. The number of hydrogen-bond donors (Lipinski definition) is 2. The third-order valence-corrected chi connectivity index (χ3v) is 4.13. The topological polar surface area (TPSA) is 84.1 Å². The molecule has 0 saturated heterocycles. The van der Waals surface area contributed by atoms with Crippen molar-refractivity contribution in [2.75, 3.05) is 11.9 Å². The molecule has 156 valence electrons. The van der Waals surface area contributed by atoms with Crippen molar-refractivity contribution in [2.24, 2.45) is 0 Å². The molecule has 0 unspecified atom stereocenters. The Bertz CT molecular complexity index is 1090. The zero-order valence-electron chi connectivity index (χ0n) is 15.9. The molecule has 6 nitrogen and oxygen atoms in total. The Labute approximate surface area is 169 Å². The largest absolute Gasteiger partial charge is 0.484 e. The number of halogens is 3. The second kappa shape index (κ2) is 8.81. The van der Waals surface area contributed by atoms with Crippen LogP contribution in [0.3, 0.4) is 0 Å². The van der Waals surface area contributed by atoms with Crippen LogP contribution in [-0.2, 0) is 17.4 Å². The van der Waals surface area contributed by atoms with E-state index in [0.717, 1.165) is 24.3 Å². The molecule has 0 aliphatic carbocycles. The summed E-state index contributed by atoms with van der Waals surface area (Å²) in [6.45, 7) is 1.51. The van der Waals surface area contributed by atoms with Gasteiger partial charge in [0.15, 0.2) is 6.61 Å². The fourth-order valence-corrected chi connectivity index (χ4v) is 2.66. The van der Waals surface area contributed by atoms with Crippen molar-refractivity contribution in [3.63, 3.8) is 0 Å². The maximum absolute atomic E-state index is 12.6. The van der Waals surface area contributed by atoms with Gasteiger partial charge in [0.2, 0.25) is 0 Å². The number of H-pyrrole nitrogens is 1. The quantitative estimate of drug-likeness (QED) is 0.634. The average Bonchev–Trinajstić information content (AvgIpc) is 2.71. The van der Waals surface area contributed by atoms with Crippen LogP contribution in [0.2, 0.25) is 0 Å². The zero-order chi connectivity index (χ0) is 21.7. The van der Waals surface area contributed by atoms with Gasteiger partial charge in [-0.25, -0.2) is 4.98 Å². The molecule has 0 radical (unpaired) electrons. The Balaban J connectivity index is 1.64. The number of aromatic nitrogens is 2. The molecule has 2 N–H and O–H groups in total. The van der Waals surface area contributed by atoms with E-state index in [-0.39, 0.29) is 17.9 Å². The van der Waals surface area contributed by atoms with Crippen LogP contribution in [0.5, 0.6) is 5.75 Å². The van der Waals surface area contributed by atoms with Gasteiger partial charge < -0.3 is 15.0 Å². The second-order valence-electron chi connectivity index (χ2n) is 6.38. The molecular formula is C21H18F3N3O3. The third kappa shape index (κ3) is 5.47. The lowest BCUT2D eigenvalue weighted by molar-refractivity contribution is -0.137. The number of carbonyl (C=O) groups is 1. The summed E-state index contributed by atoms with van der Waals surface area (Å²) in [4.78, 5) is 30.9. The van der Waals surface area contributed by atoms with Gasteiger partial charge in [0.05, 0.1) is 5.56 Å². The molecule has 2 aromatic carbocycles. The Morgan fingerprint density at radius 3 is 2.53 bits per heavy atom. The van der Waals surface area contributed by atoms with Crippen molar-refractivity contribution in [3.8, 4) is 17.1 Å². The Hall–Kier alpha value is -3.62. The van der Waals surface area contributed by atoms with Gasteiger partial charge in [-0.05, 0) is 42.8 Å². The van der Waals surface area contributed by atoms with Crippen LogP contribution in [0.15, 0.2) is 59.4 Å². The molecule has 1 aromatic heterocycles. The van der Waals surface area contributed by atoms with Crippen molar-refractivity contribution in [1.29, 1.82) is 0 Å². The minimum Gasteiger partial charge on any atom is -0.484 e. The highest BCUT2D eigenvalue weighted by Gasteiger charge is 2.30. The number of aryl methyl sites for hydroxylation is 1. The minimum absolute atomic E-state index is 0.144. The summed E-state index contributed by atoms with van der Waals surface area (Å²) in [5.74, 6) is 0.0392. The summed E-state index contributed by atoms with van der Waals surface area (Å²) in [5, 5.41) is 2.64. The fourth-order valence-electron chi connectivity index (χ4n) is 2.66. The molecule has 1 amide bonds. The van der Waals surface area contributed by atoms with Crippen molar-refractivity contribution in [1.82, 2.24) is 9.97 Å². The standard InChI is InChI=1S/C21H18F3N3O3/c1-2-15-11-18(28)27-20(26-15)13-4-3-5-16(10-13)25-19(29)12-30-17-8-6-14(7-9-17)21(22,23)24/h3-11H,2,12H2,1H3,(H,25,29)(H,26,27,28). The molecule has 3 aromatic rings. The number of amides is 1. The lowest BCUT2D eigenvalue weighted by atomic mass is 10.1. The first-order valence-electron chi connectivity index (χ1n) is 9.05. The molecule has 3 rings (SSSR count). The average molecular weight is 417 g/mol. The Kier molecular flexibility index (Phi) is 6.20. The molecule has 30 heavy (non-hydrogen) atoms. The van der Waals surface area contributed by atoms with E-state index in [1.54, 1.807) is 24.3 Å². The molecule has 0 aliphatic rings. The van der Waals surface area contributed by atoms with Gasteiger partial charge in [-0.3, -0.25) is 9.59 Å². The predicted molar refractivity (Wildman–Crippen MR) is 105 cm³/mol. The second-order valence-corrected chi connectivity index (χ2v) is 6.38. The van der Waals surface area contributed by atoms with Crippen molar-refractivity contribution in [2.45, 2.75) is 19.5 Å². The number of rotatable bonds is 6. The van der Waals surface area contributed by atoms with Crippen LogP contribution in [0.25, 0.3) is 11.4 Å². The van der Waals surface area contributed by atoms with E-state index in [0.29, 0.717) is 29.2 Å². The van der Waals surface area contributed by atoms with Crippen LogP contribution in [0.1, 0.15) is 18.2 Å². The summed E-state index contributed by atoms with van der Waals surface area (Å²) < 4.78 is 42.9. The van der Waals surface area contributed by atoms with Crippen molar-refractivity contribution < 1.29 is 22.7 Å². The number of ether oxygens (including phenoxy) is 1. The monoisotopic (exact) mass is 417 g/mol. The molecule has 0 atom stereocenters. The molecule has 0 bridgehead atoms. The number of hydrogen-bond acceptors (Lipinski definition) is 4. The summed E-state index contributed by atoms with van der Waals surface area (Å²) in [5.41, 5.74) is 0.654. The highest BCUT2D eigenvalue weighted by molar-refractivity contribution is 5.92. The van der Waals surface area contributed by atoms with E-state index < -0.39 is 17.6 Å². The maximum atomic E-state index is 12.6. The highest BCUT2D eigenvalue weighted by Crippen LogP contribution is 2.30. The SMILES string of the molecule is CCc1cc(=O)[nH]c(-c2cccc(NC(=O)COc3ccc(C(F)(F)F)cc3)c2)n1. The van der Waals surface area contributed by atoms with E-state index in [9.17, 15) is 22.8 Å². The van der Waals surface area contributed by atoms with E-state index in [4.69, 9.17) is 4.74 Å².